The number of hydrogen-bond donors (Lipinski definition) is 1. The summed E-state index contributed by atoms with van der Waals surface area (Å²) in [6, 6.07) is 0.478. The second-order valence-electron chi connectivity index (χ2n) is 5.66. The van der Waals surface area contributed by atoms with Crippen LogP contribution in [0.3, 0.4) is 0 Å². The van der Waals surface area contributed by atoms with E-state index in [0.717, 1.165) is 19.6 Å². The summed E-state index contributed by atoms with van der Waals surface area (Å²) in [6.07, 6.45) is 3.04. The summed E-state index contributed by atoms with van der Waals surface area (Å²) < 4.78 is 0. The molecule has 1 fully saturated rings. The highest BCUT2D eigenvalue weighted by molar-refractivity contribution is 7.80. The molecule has 1 aliphatic heterocycles. The molecule has 2 unspecified atom stereocenters. The van der Waals surface area contributed by atoms with Crippen molar-refractivity contribution in [1.82, 2.24) is 9.80 Å². The van der Waals surface area contributed by atoms with E-state index in [2.05, 4.69) is 11.8 Å². The number of thiocarbonyl (C=S) groups is 1. The molecular formula is C14H27N3OS. The Labute approximate surface area is 122 Å². The second-order valence-corrected chi connectivity index (χ2v) is 6.10. The van der Waals surface area contributed by atoms with Crippen molar-refractivity contribution in [2.24, 2.45) is 11.1 Å². The molecule has 4 nitrogen and oxygen atoms in total. The number of hydrogen-bond acceptors (Lipinski definition) is 3. The number of amides is 1. The van der Waals surface area contributed by atoms with Crippen LogP contribution in [0.5, 0.6) is 0 Å². The Morgan fingerprint density at radius 2 is 2.16 bits per heavy atom. The summed E-state index contributed by atoms with van der Waals surface area (Å²) in [5.41, 5.74) is 5.05. The molecule has 1 amide bonds. The lowest BCUT2D eigenvalue weighted by Crippen LogP contribution is -2.50. The molecule has 1 rings (SSSR count). The SMILES string of the molecule is CCN1CCCC1CN(C)C(=O)C(C)(CC)C(N)=S. The molecule has 2 N–H and O–H groups in total. The number of carbonyl (C=O) groups excluding carboxylic acids is 1. The molecule has 1 aliphatic rings. The molecule has 1 saturated heterocycles. The quantitative estimate of drug-likeness (QED) is 0.754. The van der Waals surface area contributed by atoms with Crippen LogP contribution in [-0.2, 0) is 4.79 Å². The molecule has 0 aromatic carbocycles. The van der Waals surface area contributed by atoms with Gasteiger partial charge in [0.2, 0.25) is 5.91 Å². The number of likely N-dealkylation sites (N-methyl/N-ethyl adjacent to an activating group) is 2. The van der Waals surface area contributed by atoms with Crippen molar-refractivity contribution in [3.63, 3.8) is 0 Å². The van der Waals surface area contributed by atoms with Crippen LogP contribution in [-0.4, -0.2) is 53.4 Å². The van der Waals surface area contributed by atoms with E-state index in [1.165, 1.54) is 12.8 Å². The molecule has 0 saturated carbocycles. The van der Waals surface area contributed by atoms with E-state index in [1.54, 1.807) is 4.90 Å². The number of carbonyl (C=O) groups is 1. The van der Waals surface area contributed by atoms with Crippen molar-refractivity contribution in [2.75, 3.05) is 26.7 Å². The van der Waals surface area contributed by atoms with Gasteiger partial charge in [0.15, 0.2) is 0 Å². The Bertz CT molecular complexity index is 348. The van der Waals surface area contributed by atoms with E-state index in [0.29, 0.717) is 17.5 Å². The van der Waals surface area contributed by atoms with E-state index < -0.39 is 5.41 Å². The van der Waals surface area contributed by atoms with E-state index in [-0.39, 0.29) is 5.91 Å². The maximum absolute atomic E-state index is 12.6. The van der Waals surface area contributed by atoms with Crippen LogP contribution in [0.4, 0.5) is 0 Å². The van der Waals surface area contributed by atoms with Gasteiger partial charge in [-0.05, 0) is 39.3 Å². The summed E-state index contributed by atoms with van der Waals surface area (Å²) in [7, 11) is 1.86. The minimum absolute atomic E-state index is 0.0467. The van der Waals surface area contributed by atoms with Crippen LogP contribution < -0.4 is 5.73 Å². The lowest BCUT2D eigenvalue weighted by molar-refractivity contribution is -0.137. The summed E-state index contributed by atoms with van der Waals surface area (Å²) in [4.78, 5) is 17.1. The molecule has 110 valence electrons. The van der Waals surface area contributed by atoms with Crippen molar-refractivity contribution in [2.45, 2.75) is 46.1 Å². The molecular weight excluding hydrogens is 258 g/mol. The predicted octanol–water partition coefficient (Wildman–Crippen LogP) is 1.63. The van der Waals surface area contributed by atoms with Gasteiger partial charge in [0.05, 0.1) is 10.4 Å². The average Bonchev–Trinajstić information content (AvgIpc) is 2.83. The van der Waals surface area contributed by atoms with Gasteiger partial charge >= 0.3 is 0 Å². The third-order valence-corrected chi connectivity index (χ3v) is 4.91. The molecule has 19 heavy (non-hydrogen) atoms. The third-order valence-electron chi connectivity index (χ3n) is 4.46. The first-order valence-corrected chi connectivity index (χ1v) is 7.57. The Kier molecular flexibility index (Phi) is 5.74. The van der Waals surface area contributed by atoms with Crippen LogP contribution in [0.1, 0.15) is 40.0 Å². The third kappa shape index (κ3) is 3.45. The maximum Gasteiger partial charge on any atom is 0.235 e. The normalized spacial score (nSPS) is 23.1. The molecule has 0 bridgehead atoms. The van der Waals surface area contributed by atoms with E-state index in [1.807, 2.05) is 20.9 Å². The lowest BCUT2D eigenvalue weighted by atomic mass is 9.86. The predicted molar refractivity (Wildman–Crippen MR) is 83.1 cm³/mol. The van der Waals surface area contributed by atoms with Crippen molar-refractivity contribution in [3.05, 3.63) is 0 Å². The van der Waals surface area contributed by atoms with Crippen LogP contribution >= 0.6 is 12.2 Å². The molecule has 1 heterocycles. The summed E-state index contributed by atoms with van der Waals surface area (Å²) in [5, 5.41) is 0. The standard InChI is InChI=1S/C14H27N3OS/c1-5-14(3,12(15)19)13(18)16(4)10-11-8-7-9-17(11)6-2/h11H,5-10H2,1-4H3,(H2,15,19). The first-order valence-electron chi connectivity index (χ1n) is 7.16. The molecule has 2 atom stereocenters. The van der Waals surface area contributed by atoms with Crippen LogP contribution in [0.25, 0.3) is 0 Å². The molecule has 0 aromatic heterocycles. The van der Waals surface area contributed by atoms with Gasteiger partial charge in [0.1, 0.15) is 0 Å². The number of nitrogens with zero attached hydrogens (tertiary/aromatic N) is 2. The molecule has 5 heteroatoms. The van der Waals surface area contributed by atoms with Gasteiger partial charge in [-0.15, -0.1) is 0 Å². The average molecular weight is 285 g/mol. The van der Waals surface area contributed by atoms with E-state index in [4.69, 9.17) is 18.0 Å². The minimum atomic E-state index is -0.709. The largest absolute Gasteiger partial charge is 0.392 e. The number of likely N-dealkylation sites (tertiary alicyclic amines) is 1. The molecule has 0 aliphatic carbocycles. The topological polar surface area (TPSA) is 49.6 Å². The first-order chi connectivity index (χ1) is 8.86. The summed E-state index contributed by atoms with van der Waals surface area (Å²) in [5.74, 6) is 0.0467. The first kappa shape index (κ1) is 16.4. The summed E-state index contributed by atoms with van der Waals surface area (Å²) >= 11 is 5.07. The van der Waals surface area contributed by atoms with Crippen molar-refractivity contribution in [3.8, 4) is 0 Å². The van der Waals surface area contributed by atoms with Gasteiger partial charge in [-0.25, -0.2) is 0 Å². The zero-order chi connectivity index (χ0) is 14.6. The number of nitrogens with two attached hydrogens (primary N) is 1. The highest BCUT2D eigenvalue weighted by atomic mass is 32.1. The van der Waals surface area contributed by atoms with E-state index in [9.17, 15) is 4.79 Å². The minimum Gasteiger partial charge on any atom is -0.392 e. The Hall–Kier alpha value is -0.680. The van der Waals surface area contributed by atoms with Gasteiger partial charge in [0.25, 0.3) is 0 Å². The molecule has 0 aromatic rings. The van der Waals surface area contributed by atoms with Crippen LogP contribution in [0, 0.1) is 5.41 Å². The fraction of sp³-hybridized carbons (Fsp3) is 0.857. The van der Waals surface area contributed by atoms with Gasteiger partial charge < -0.3 is 10.6 Å². The zero-order valence-electron chi connectivity index (χ0n) is 12.6. The Morgan fingerprint density at radius 3 is 2.63 bits per heavy atom. The Morgan fingerprint density at radius 1 is 1.53 bits per heavy atom. The lowest BCUT2D eigenvalue weighted by Gasteiger charge is -2.34. The van der Waals surface area contributed by atoms with Crippen LogP contribution in [0.2, 0.25) is 0 Å². The highest BCUT2D eigenvalue weighted by Crippen LogP contribution is 2.25. The van der Waals surface area contributed by atoms with Gasteiger partial charge in [0, 0.05) is 19.6 Å². The van der Waals surface area contributed by atoms with Crippen molar-refractivity contribution >= 4 is 23.1 Å². The second kappa shape index (κ2) is 6.66. The molecule has 0 radical (unpaired) electrons. The van der Waals surface area contributed by atoms with Crippen LogP contribution in [0.15, 0.2) is 0 Å². The zero-order valence-corrected chi connectivity index (χ0v) is 13.4. The smallest absolute Gasteiger partial charge is 0.235 e. The fourth-order valence-corrected chi connectivity index (χ4v) is 3.00. The maximum atomic E-state index is 12.6. The van der Waals surface area contributed by atoms with Gasteiger partial charge in [-0.3, -0.25) is 9.69 Å². The van der Waals surface area contributed by atoms with E-state index >= 15 is 0 Å². The Balaban J connectivity index is 2.69. The van der Waals surface area contributed by atoms with Crippen molar-refractivity contribution < 1.29 is 4.79 Å². The van der Waals surface area contributed by atoms with Gasteiger partial charge in [-0.2, -0.15) is 0 Å². The highest BCUT2D eigenvalue weighted by Gasteiger charge is 2.38. The summed E-state index contributed by atoms with van der Waals surface area (Å²) in [6.45, 7) is 8.94. The van der Waals surface area contributed by atoms with Crippen molar-refractivity contribution in [1.29, 1.82) is 0 Å². The fourth-order valence-electron chi connectivity index (χ4n) is 2.77. The number of rotatable bonds is 6. The monoisotopic (exact) mass is 285 g/mol. The van der Waals surface area contributed by atoms with Gasteiger partial charge in [-0.1, -0.05) is 26.1 Å². The molecule has 0 spiro atoms.